The van der Waals surface area contributed by atoms with Gasteiger partial charge in [0.15, 0.2) is 17.3 Å². The van der Waals surface area contributed by atoms with Gasteiger partial charge in [-0.15, -0.1) is 0 Å². The predicted molar refractivity (Wildman–Crippen MR) is 122 cm³/mol. The zero-order valence-corrected chi connectivity index (χ0v) is 19.5. The van der Waals surface area contributed by atoms with Crippen LogP contribution in [-0.2, 0) is 27.2 Å². The van der Waals surface area contributed by atoms with Crippen LogP contribution in [0.25, 0.3) is 5.76 Å². The molecule has 4 rings (SSSR count). The molecule has 9 nitrogen and oxygen atoms in total. The number of aliphatic hydroxyl groups is 2. The van der Waals surface area contributed by atoms with Gasteiger partial charge in [-0.2, -0.15) is 0 Å². The Morgan fingerprint density at radius 2 is 1.79 bits per heavy atom. The molecule has 1 unspecified atom stereocenters. The number of rotatable bonds is 4. The number of aliphatic hydroxyl groups excluding tert-OH is 2. The Bertz CT molecular complexity index is 1220. The van der Waals surface area contributed by atoms with Crippen molar-refractivity contribution in [2.45, 2.75) is 39.2 Å². The maximum Gasteiger partial charge on any atom is 0.255 e. The molecular weight excluding hydrogens is 440 g/mol. The first kappa shape index (κ1) is 23.7. The summed E-state index contributed by atoms with van der Waals surface area (Å²) < 4.78 is 0. The molecule has 0 aromatic heterocycles. The van der Waals surface area contributed by atoms with Crippen LogP contribution in [0, 0.1) is 17.8 Å². The number of fused-ring (bicyclic) bond motifs is 3. The van der Waals surface area contributed by atoms with Crippen molar-refractivity contribution < 1.29 is 34.5 Å². The number of Topliss-reactive ketones (excluding diaryl/α,β-unsaturated/α-hetero) is 3. The van der Waals surface area contributed by atoms with E-state index >= 15 is 0 Å². The van der Waals surface area contributed by atoms with Crippen molar-refractivity contribution in [3.8, 4) is 5.75 Å². The molecule has 3 aliphatic rings. The third kappa shape index (κ3) is 3.18. The van der Waals surface area contributed by atoms with Gasteiger partial charge in [-0.3, -0.25) is 24.1 Å². The molecule has 180 valence electrons. The normalized spacial score (nSPS) is 26.4. The summed E-state index contributed by atoms with van der Waals surface area (Å²) in [5.74, 6) is -6.69. The molecule has 0 bridgehead atoms. The lowest BCUT2D eigenvalue weighted by molar-refractivity contribution is -0.136. The lowest BCUT2D eigenvalue weighted by Crippen LogP contribution is -2.55. The Hall–Kier alpha value is -3.46. The van der Waals surface area contributed by atoms with Gasteiger partial charge in [-0.1, -0.05) is 6.92 Å². The summed E-state index contributed by atoms with van der Waals surface area (Å²) in [5, 5.41) is 32.8. The number of aryl methyl sites for hydroxylation is 1. The maximum atomic E-state index is 13.7. The smallest absolute Gasteiger partial charge is 0.255 e. The van der Waals surface area contributed by atoms with Crippen molar-refractivity contribution in [1.82, 2.24) is 4.90 Å². The van der Waals surface area contributed by atoms with Gasteiger partial charge < -0.3 is 21.1 Å². The molecule has 0 saturated heterocycles. The topological polar surface area (TPSA) is 158 Å². The first-order chi connectivity index (χ1) is 15.9. The zero-order chi connectivity index (χ0) is 25.2. The lowest BCUT2D eigenvalue weighted by Gasteiger charge is -2.46. The number of likely N-dealkylation sites (N-methyl/N-ethyl adjacent to an activating group) is 1. The minimum absolute atomic E-state index is 0.00266. The molecule has 4 atom stereocenters. The van der Waals surface area contributed by atoms with Crippen molar-refractivity contribution >= 4 is 29.0 Å². The van der Waals surface area contributed by atoms with Gasteiger partial charge >= 0.3 is 0 Å². The summed E-state index contributed by atoms with van der Waals surface area (Å²) in [6, 6.07) is 0.834. The fourth-order valence-electron chi connectivity index (χ4n) is 5.99. The van der Waals surface area contributed by atoms with E-state index in [1.165, 1.54) is 6.92 Å². The van der Waals surface area contributed by atoms with Crippen LogP contribution in [0.1, 0.15) is 47.3 Å². The molecule has 1 amide bonds. The van der Waals surface area contributed by atoms with E-state index in [1.807, 2.05) is 6.92 Å². The van der Waals surface area contributed by atoms with Gasteiger partial charge in [0.2, 0.25) is 0 Å². The van der Waals surface area contributed by atoms with Crippen LogP contribution >= 0.6 is 0 Å². The number of ketones is 3. The summed E-state index contributed by atoms with van der Waals surface area (Å²) in [6.45, 7) is 3.20. The minimum Gasteiger partial charge on any atom is -0.510 e. The van der Waals surface area contributed by atoms with Gasteiger partial charge in [-0.25, -0.2) is 0 Å². The molecule has 9 heteroatoms. The second kappa shape index (κ2) is 8.09. The molecule has 1 aromatic rings. The fourth-order valence-corrected chi connectivity index (χ4v) is 5.99. The molecule has 3 aliphatic carbocycles. The van der Waals surface area contributed by atoms with E-state index in [0.29, 0.717) is 18.4 Å². The molecule has 0 aliphatic heterocycles. The van der Waals surface area contributed by atoms with Gasteiger partial charge in [0.25, 0.3) is 5.91 Å². The van der Waals surface area contributed by atoms with Crippen molar-refractivity contribution in [2.75, 3.05) is 14.1 Å². The van der Waals surface area contributed by atoms with E-state index in [0.717, 1.165) is 5.56 Å². The fraction of sp³-hybridized carbons (Fsp3) is 0.440. The number of allylic oxidation sites excluding steroid dienone is 1. The molecule has 0 radical (unpaired) electrons. The van der Waals surface area contributed by atoms with Gasteiger partial charge in [-0.05, 0) is 69.3 Å². The number of phenols is 1. The number of phenolic OH excluding ortho intramolecular Hbond substituents is 1. The van der Waals surface area contributed by atoms with E-state index in [2.05, 4.69) is 0 Å². The number of carbonyl (C=O) groups excluding carboxylic acids is 4. The molecule has 0 heterocycles. The Labute approximate surface area is 196 Å². The first-order valence-corrected chi connectivity index (χ1v) is 11.2. The highest BCUT2D eigenvalue weighted by atomic mass is 16.3. The van der Waals surface area contributed by atoms with Crippen LogP contribution in [0.2, 0.25) is 0 Å². The zero-order valence-electron chi connectivity index (χ0n) is 19.5. The van der Waals surface area contributed by atoms with E-state index in [1.54, 1.807) is 25.1 Å². The van der Waals surface area contributed by atoms with Gasteiger partial charge in [0.05, 0.1) is 23.1 Å². The highest BCUT2D eigenvalue weighted by molar-refractivity contribution is 6.28. The lowest BCUT2D eigenvalue weighted by atomic mass is 9.59. The van der Waals surface area contributed by atoms with Crippen LogP contribution in [0.15, 0.2) is 23.0 Å². The third-order valence-electron chi connectivity index (χ3n) is 7.42. The van der Waals surface area contributed by atoms with Crippen LogP contribution in [0.5, 0.6) is 5.75 Å². The highest BCUT2D eigenvalue weighted by Gasteiger charge is 2.55. The maximum absolute atomic E-state index is 13.7. The number of hydrogen-bond donors (Lipinski definition) is 4. The molecule has 0 spiro atoms. The number of primary amides is 1. The van der Waals surface area contributed by atoms with E-state index in [4.69, 9.17) is 5.73 Å². The summed E-state index contributed by atoms with van der Waals surface area (Å²) in [7, 11) is 3.35. The molecule has 34 heavy (non-hydrogen) atoms. The van der Waals surface area contributed by atoms with Crippen LogP contribution in [0.3, 0.4) is 0 Å². The Kier molecular flexibility index (Phi) is 5.64. The number of hydrogen-bond acceptors (Lipinski definition) is 8. The van der Waals surface area contributed by atoms with Crippen molar-refractivity contribution in [3.05, 3.63) is 45.2 Å². The Morgan fingerprint density at radius 3 is 2.32 bits per heavy atom. The number of carbonyl (C=O) groups is 4. The van der Waals surface area contributed by atoms with Gasteiger partial charge in [0, 0.05) is 5.57 Å². The SMILES string of the molecule is CCc1cc(C(C)=O)c(O)c2c1C[C@H]1C[C@@H]3C(C(=O)C(C(N)=O)=C(O)[C@H]3N(C)C)C(=O)C1=C2O. The molecule has 5 N–H and O–H groups in total. The summed E-state index contributed by atoms with van der Waals surface area (Å²) in [6.07, 6.45) is 1.15. The number of nitrogens with two attached hydrogens (primary N) is 1. The average Bonchev–Trinajstić information content (AvgIpc) is 2.72. The molecule has 1 saturated carbocycles. The monoisotopic (exact) mass is 468 g/mol. The second-order valence-corrected chi connectivity index (χ2v) is 9.50. The number of aromatic hydroxyl groups is 1. The first-order valence-electron chi connectivity index (χ1n) is 11.2. The van der Waals surface area contributed by atoms with E-state index in [9.17, 15) is 34.5 Å². The van der Waals surface area contributed by atoms with Crippen molar-refractivity contribution in [1.29, 1.82) is 0 Å². The second-order valence-electron chi connectivity index (χ2n) is 9.50. The predicted octanol–water partition coefficient (Wildman–Crippen LogP) is 1.61. The van der Waals surface area contributed by atoms with Crippen LogP contribution in [0.4, 0.5) is 0 Å². The Balaban J connectivity index is 1.94. The summed E-state index contributed by atoms with van der Waals surface area (Å²) in [5.41, 5.74) is 6.29. The number of nitrogens with zero attached hydrogens (tertiary/aromatic N) is 1. The number of benzene rings is 1. The highest BCUT2D eigenvalue weighted by Crippen LogP contribution is 2.51. The van der Waals surface area contributed by atoms with Gasteiger partial charge in [0.1, 0.15) is 22.8 Å². The Morgan fingerprint density at radius 1 is 1.15 bits per heavy atom. The standard InChI is InChI=1S/C25H28N2O7/c1-5-10-6-12(9(2)28)20(29)16-13(10)7-11-8-14-17(22(31)15(11)21(16)30)23(32)18(25(26)34)24(33)19(14)27(3)4/h6,11,14,17,19,29-30,33H,5,7-8H2,1-4H3,(H2,26,34)/t11-,14+,17?,19-/m0/s1. The largest absolute Gasteiger partial charge is 0.510 e. The number of amides is 1. The summed E-state index contributed by atoms with van der Waals surface area (Å²) >= 11 is 0. The van der Waals surface area contributed by atoms with Crippen molar-refractivity contribution in [2.24, 2.45) is 23.5 Å². The minimum atomic E-state index is -1.30. The average molecular weight is 469 g/mol. The quantitative estimate of drug-likeness (QED) is 0.295. The van der Waals surface area contributed by atoms with Crippen molar-refractivity contribution in [3.63, 3.8) is 0 Å². The van der Waals surface area contributed by atoms with Crippen LogP contribution < -0.4 is 5.73 Å². The molecule has 1 aromatic carbocycles. The third-order valence-corrected chi connectivity index (χ3v) is 7.42. The molecule has 1 fully saturated rings. The summed E-state index contributed by atoms with van der Waals surface area (Å²) in [4.78, 5) is 52.6. The molecular formula is C25H28N2O7. The van der Waals surface area contributed by atoms with E-state index < -0.39 is 64.1 Å². The van der Waals surface area contributed by atoms with Crippen LogP contribution in [-0.4, -0.2) is 63.6 Å². The van der Waals surface area contributed by atoms with E-state index in [-0.39, 0.29) is 28.9 Å².